The van der Waals surface area contributed by atoms with Crippen molar-refractivity contribution < 1.29 is 9.53 Å². The highest BCUT2D eigenvalue weighted by atomic mass is 35.5. The molecule has 0 fully saturated rings. The van der Waals surface area contributed by atoms with Gasteiger partial charge in [-0.3, -0.25) is 14.2 Å². The molecular formula is C23H19ClN4O3S. The number of carbonyl (C=O) groups is 1. The van der Waals surface area contributed by atoms with E-state index in [2.05, 4.69) is 15.3 Å². The summed E-state index contributed by atoms with van der Waals surface area (Å²) >= 11 is 7.47. The zero-order valence-corrected chi connectivity index (χ0v) is 18.7. The van der Waals surface area contributed by atoms with Crippen LogP contribution < -0.4 is 15.6 Å². The van der Waals surface area contributed by atoms with Gasteiger partial charge in [0.15, 0.2) is 10.8 Å². The molecule has 4 rings (SSSR count). The first-order valence-electron chi connectivity index (χ1n) is 9.71. The third-order valence-corrected chi connectivity index (χ3v) is 6.01. The maximum Gasteiger partial charge on any atom is 0.263 e. The lowest BCUT2D eigenvalue weighted by Crippen LogP contribution is -2.25. The van der Waals surface area contributed by atoms with Crippen LogP contribution in [0, 0.1) is 0 Å². The van der Waals surface area contributed by atoms with Crippen molar-refractivity contribution in [3.05, 3.63) is 87.8 Å². The van der Waals surface area contributed by atoms with E-state index in [0.29, 0.717) is 32.6 Å². The SMILES string of the molecule is COc1cccc(NC(=O)CSc2nc3ncccc3c(=O)n2Cc2ccccc2Cl)c1. The molecule has 32 heavy (non-hydrogen) atoms. The molecule has 0 atom stereocenters. The number of amides is 1. The van der Waals surface area contributed by atoms with Gasteiger partial charge in [-0.2, -0.15) is 0 Å². The standard InChI is InChI=1S/C23H19ClN4O3S/c1-31-17-8-4-7-16(12-17)26-20(29)14-32-23-27-21-18(9-5-11-25-21)22(30)28(23)13-15-6-2-3-10-19(15)24/h2-12H,13-14H2,1H3,(H,26,29). The number of methoxy groups -OCH3 is 1. The smallest absolute Gasteiger partial charge is 0.263 e. The van der Waals surface area contributed by atoms with Crippen molar-refractivity contribution in [2.45, 2.75) is 11.7 Å². The molecule has 0 unspecified atom stereocenters. The Balaban J connectivity index is 1.61. The number of carbonyl (C=O) groups excluding carboxylic acids is 1. The van der Waals surface area contributed by atoms with Crippen LogP contribution in [0.15, 0.2) is 76.8 Å². The summed E-state index contributed by atoms with van der Waals surface area (Å²) in [5.41, 5.74) is 1.50. The van der Waals surface area contributed by atoms with Crippen LogP contribution in [0.4, 0.5) is 5.69 Å². The molecular weight excluding hydrogens is 448 g/mol. The average Bonchev–Trinajstić information content (AvgIpc) is 2.81. The molecule has 1 N–H and O–H groups in total. The number of nitrogens with one attached hydrogen (secondary N) is 1. The van der Waals surface area contributed by atoms with Crippen LogP contribution in [0.1, 0.15) is 5.56 Å². The Hall–Kier alpha value is -3.36. The molecule has 1 amide bonds. The van der Waals surface area contributed by atoms with Gasteiger partial charge in [0.05, 0.1) is 24.8 Å². The van der Waals surface area contributed by atoms with E-state index < -0.39 is 0 Å². The molecule has 162 valence electrons. The monoisotopic (exact) mass is 466 g/mol. The summed E-state index contributed by atoms with van der Waals surface area (Å²) in [5, 5.41) is 4.18. The molecule has 4 aromatic rings. The van der Waals surface area contributed by atoms with Crippen LogP contribution in [0.25, 0.3) is 11.0 Å². The number of anilines is 1. The lowest BCUT2D eigenvalue weighted by atomic mass is 10.2. The van der Waals surface area contributed by atoms with Gasteiger partial charge in [0, 0.05) is 23.0 Å². The van der Waals surface area contributed by atoms with Crippen molar-refractivity contribution in [3.8, 4) is 5.75 Å². The van der Waals surface area contributed by atoms with Gasteiger partial charge in [0.2, 0.25) is 5.91 Å². The van der Waals surface area contributed by atoms with E-state index in [1.54, 1.807) is 55.8 Å². The number of benzene rings is 2. The molecule has 0 bridgehead atoms. The van der Waals surface area contributed by atoms with E-state index in [1.165, 1.54) is 4.57 Å². The quantitative estimate of drug-likeness (QED) is 0.324. The van der Waals surface area contributed by atoms with Crippen LogP contribution in [0.5, 0.6) is 5.75 Å². The Morgan fingerprint density at radius 2 is 2.00 bits per heavy atom. The summed E-state index contributed by atoms with van der Waals surface area (Å²) < 4.78 is 6.70. The molecule has 0 aliphatic rings. The van der Waals surface area contributed by atoms with E-state index in [9.17, 15) is 9.59 Å². The van der Waals surface area contributed by atoms with E-state index in [4.69, 9.17) is 16.3 Å². The highest BCUT2D eigenvalue weighted by Gasteiger charge is 2.15. The van der Waals surface area contributed by atoms with Crippen molar-refractivity contribution in [1.82, 2.24) is 14.5 Å². The first-order valence-corrected chi connectivity index (χ1v) is 11.1. The minimum atomic E-state index is -0.237. The molecule has 0 radical (unpaired) electrons. The predicted octanol–water partition coefficient (Wildman–Crippen LogP) is 4.23. The molecule has 0 aliphatic heterocycles. The van der Waals surface area contributed by atoms with Gasteiger partial charge in [-0.1, -0.05) is 47.6 Å². The van der Waals surface area contributed by atoms with Crippen LogP contribution >= 0.6 is 23.4 Å². The number of halogens is 1. The van der Waals surface area contributed by atoms with E-state index in [0.717, 1.165) is 17.3 Å². The lowest BCUT2D eigenvalue weighted by molar-refractivity contribution is -0.113. The Bertz CT molecular complexity index is 1340. The van der Waals surface area contributed by atoms with Gasteiger partial charge >= 0.3 is 0 Å². The van der Waals surface area contributed by atoms with Gasteiger partial charge in [0.25, 0.3) is 5.56 Å². The normalized spacial score (nSPS) is 10.8. The third-order valence-electron chi connectivity index (χ3n) is 4.67. The first kappa shape index (κ1) is 21.9. The minimum Gasteiger partial charge on any atom is -0.497 e. The van der Waals surface area contributed by atoms with Gasteiger partial charge < -0.3 is 10.1 Å². The van der Waals surface area contributed by atoms with Crippen LogP contribution in [0.3, 0.4) is 0 Å². The van der Waals surface area contributed by atoms with Crippen molar-refractivity contribution in [2.75, 3.05) is 18.2 Å². The number of rotatable bonds is 7. The molecule has 0 spiro atoms. The Kier molecular flexibility index (Phi) is 6.72. The van der Waals surface area contributed by atoms with Gasteiger partial charge in [-0.05, 0) is 35.9 Å². The van der Waals surface area contributed by atoms with Crippen molar-refractivity contribution >= 4 is 46.0 Å². The Labute approximate surface area is 193 Å². The first-order chi connectivity index (χ1) is 15.5. The molecule has 7 nitrogen and oxygen atoms in total. The topological polar surface area (TPSA) is 86.1 Å². The number of hydrogen-bond donors (Lipinski definition) is 1. The Morgan fingerprint density at radius 3 is 2.81 bits per heavy atom. The lowest BCUT2D eigenvalue weighted by Gasteiger charge is -2.14. The summed E-state index contributed by atoms with van der Waals surface area (Å²) in [7, 11) is 1.56. The zero-order chi connectivity index (χ0) is 22.5. The molecule has 2 aromatic carbocycles. The van der Waals surface area contributed by atoms with Crippen LogP contribution in [-0.4, -0.2) is 33.3 Å². The third kappa shape index (κ3) is 4.92. The number of aromatic nitrogens is 3. The summed E-state index contributed by atoms with van der Waals surface area (Å²) in [6.45, 7) is 0.232. The number of thioether (sulfide) groups is 1. The number of hydrogen-bond acceptors (Lipinski definition) is 6. The highest BCUT2D eigenvalue weighted by molar-refractivity contribution is 7.99. The maximum atomic E-state index is 13.2. The minimum absolute atomic E-state index is 0.0600. The molecule has 0 saturated heterocycles. The number of pyridine rings is 1. The van der Waals surface area contributed by atoms with Crippen molar-refractivity contribution in [2.24, 2.45) is 0 Å². The second kappa shape index (κ2) is 9.84. The van der Waals surface area contributed by atoms with E-state index >= 15 is 0 Å². The van der Waals surface area contributed by atoms with Gasteiger partial charge in [-0.15, -0.1) is 0 Å². The number of nitrogens with zero attached hydrogens (tertiary/aromatic N) is 3. The van der Waals surface area contributed by atoms with Crippen LogP contribution in [0.2, 0.25) is 5.02 Å². The molecule has 0 aliphatic carbocycles. The average molecular weight is 467 g/mol. The van der Waals surface area contributed by atoms with Gasteiger partial charge in [-0.25, -0.2) is 9.97 Å². The maximum absolute atomic E-state index is 13.2. The largest absolute Gasteiger partial charge is 0.497 e. The second-order valence-electron chi connectivity index (χ2n) is 6.82. The summed E-state index contributed by atoms with van der Waals surface area (Å²) in [4.78, 5) is 34.5. The molecule has 9 heteroatoms. The van der Waals surface area contributed by atoms with Crippen LogP contribution in [-0.2, 0) is 11.3 Å². The van der Waals surface area contributed by atoms with Crippen molar-refractivity contribution in [3.63, 3.8) is 0 Å². The zero-order valence-electron chi connectivity index (χ0n) is 17.1. The predicted molar refractivity (Wildman–Crippen MR) is 127 cm³/mol. The van der Waals surface area contributed by atoms with E-state index in [1.807, 2.05) is 18.2 Å². The second-order valence-corrected chi connectivity index (χ2v) is 8.17. The van der Waals surface area contributed by atoms with Gasteiger partial charge in [0.1, 0.15) is 5.75 Å². The van der Waals surface area contributed by atoms with E-state index in [-0.39, 0.29) is 23.8 Å². The fourth-order valence-corrected chi connectivity index (χ4v) is 4.09. The summed E-state index contributed by atoms with van der Waals surface area (Å²) in [6.07, 6.45) is 1.58. The fourth-order valence-electron chi connectivity index (χ4n) is 3.11. The van der Waals surface area contributed by atoms with Crippen molar-refractivity contribution in [1.29, 1.82) is 0 Å². The molecule has 2 heterocycles. The highest BCUT2D eigenvalue weighted by Crippen LogP contribution is 2.22. The molecule has 2 aromatic heterocycles. The number of fused-ring (bicyclic) bond motifs is 1. The fraction of sp³-hybridized carbons (Fsp3) is 0.130. The number of ether oxygens (including phenoxy) is 1. The summed E-state index contributed by atoms with van der Waals surface area (Å²) in [5.74, 6) is 0.471. The Morgan fingerprint density at radius 1 is 1.16 bits per heavy atom. The summed E-state index contributed by atoms with van der Waals surface area (Å²) in [6, 6.07) is 17.8. The molecule has 0 saturated carbocycles.